The summed E-state index contributed by atoms with van der Waals surface area (Å²) in [6.07, 6.45) is 0.217. The van der Waals surface area contributed by atoms with Crippen molar-refractivity contribution in [3.05, 3.63) is 24.0 Å². The summed E-state index contributed by atoms with van der Waals surface area (Å²) >= 11 is 0. The van der Waals surface area contributed by atoms with Crippen molar-refractivity contribution in [2.24, 2.45) is 16.1 Å². The molecule has 116 valence electrons. The van der Waals surface area contributed by atoms with Crippen LogP contribution in [0.25, 0.3) is 10.9 Å². The Hall–Kier alpha value is -2.29. The average molecular weight is 325 g/mol. The van der Waals surface area contributed by atoms with Crippen LogP contribution in [0, 0.1) is 11.7 Å². The second kappa shape index (κ2) is 5.16. The number of aromatic amines is 1. The summed E-state index contributed by atoms with van der Waals surface area (Å²) in [5, 5.41) is 17.2. The summed E-state index contributed by atoms with van der Waals surface area (Å²) in [5.74, 6) is -2.50. The first-order valence-corrected chi connectivity index (χ1v) is 8.34. The summed E-state index contributed by atoms with van der Waals surface area (Å²) in [6, 6.07) is 3.80. The molecule has 1 aromatic heterocycles. The zero-order valence-electron chi connectivity index (χ0n) is 11.3. The SMILES string of the molecule is O=C(N=Nc1c(O)[nH]c2ccc(F)cc12)[C@H]1CCS(=O)(=O)C1. The lowest BCUT2D eigenvalue weighted by Crippen LogP contribution is -2.13. The Balaban J connectivity index is 1.88. The molecule has 1 amide bonds. The lowest BCUT2D eigenvalue weighted by molar-refractivity contribution is -0.121. The third kappa shape index (κ3) is 2.71. The molecule has 9 heteroatoms. The Kier molecular flexibility index (Phi) is 3.44. The Bertz CT molecular complexity index is 888. The number of carbonyl (C=O) groups is 1. The summed E-state index contributed by atoms with van der Waals surface area (Å²) in [7, 11) is -3.19. The number of aromatic hydroxyl groups is 1. The van der Waals surface area contributed by atoms with Crippen molar-refractivity contribution in [1.82, 2.24) is 4.98 Å². The van der Waals surface area contributed by atoms with Gasteiger partial charge >= 0.3 is 0 Å². The molecule has 1 aromatic carbocycles. The quantitative estimate of drug-likeness (QED) is 0.823. The first-order valence-electron chi connectivity index (χ1n) is 6.52. The second-order valence-corrected chi connectivity index (χ2v) is 7.38. The van der Waals surface area contributed by atoms with Gasteiger partial charge in [0.05, 0.1) is 22.9 Å². The number of nitrogens with zero attached hydrogens (tertiary/aromatic N) is 2. The first kappa shape index (κ1) is 14.6. The fraction of sp³-hybridized carbons (Fsp3) is 0.308. The average Bonchev–Trinajstić information content (AvgIpc) is 2.95. The van der Waals surface area contributed by atoms with E-state index < -0.39 is 27.5 Å². The molecule has 1 aliphatic heterocycles. The standard InChI is InChI=1S/C13H12FN3O4S/c14-8-1-2-10-9(5-8)11(13(19)15-10)16-17-12(18)7-3-4-22(20,21)6-7/h1-2,5,7,15,19H,3-4,6H2/t7-/m0/s1. The molecule has 0 spiro atoms. The molecule has 2 aromatic rings. The molecular formula is C13H12FN3O4S. The van der Waals surface area contributed by atoms with Gasteiger partial charge in [0.15, 0.2) is 15.5 Å². The monoisotopic (exact) mass is 325 g/mol. The van der Waals surface area contributed by atoms with E-state index in [1.54, 1.807) is 0 Å². The van der Waals surface area contributed by atoms with Crippen LogP contribution in [0.2, 0.25) is 0 Å². The van der Waals surface area contributed by atoms with E-state index in [0.29, 0.717) is 5.52 Å². The van der Waals surface area contributed by atoms with Gasteiger partial charge in [-0.3, -0.25) is 4.79 Å². The molecule has 2 heterocycles. The molecule has 0 radical (unpaired) electrons. The van der Waals surface area contributed by atoms with Gasteiger partial charge in [-0.15, -0.1) is 10.2 Å². The van der Waals surface area contributed by atoms with Crippen LogP contribution in [0.3, 0.4) is 0 Å². The van der Waals surface area contributed by atoms with Gasteiger partial charge in [-0.25, -0.2) is 12.8 Å². The Morgan fingerprint density at radius 3 is 2.86 bits per heavy atom. The lowest BCUT2D eigenvalue weighted by Gasteiger charge is -1.99. The molecule has 0 saturated carbocycles. The van der Waals surface area contributed by atoms with Gasteiger partial charge in [0.1, 0.15) is 5.82 Å². The van der Waals surface area contributed by atoms with Gasteiger partial charge in [-0.2, -0.15) is 0 Å². The van der Waals surface area contributed by atoms with Crippen LogP contribution in [-0.4, -0.2) is 35.9 Å². The van der Waals surface area contributed by atoms with E-state index >= 15 is 0 Å². The van der Waals surface area contributed by atoms with Gasteiger partial charge in [0.25, 0.3) is 5.91 Å². The molecule has 0 bridgehead atoms. The molecule has 3 rings (SSSR count). The zero-order valence-corrected chi connectivity index (χ0v) is 12.1. The van der Waals surface area contributed by atoms with Gasteiger partial charge in [-0.1, -0.05) is 0 Å². The van der Waals surface area contributed by atoms with Crippen molar-refractivity contribution in [2.45, 2.75) is 6.42 Å². The number of fused-ring (bicyclic) bond motifs is 1. The number of halogens is 1. The van der Waals surface area contributed by atoms with Crippen molar-refractivity contribution in [3.63, 3.8) is 0 Å². The van der Waals surface area contributed by atoms with E-state index in [4.69, 9.17) is 0 Å². The minimum Gasteiger partial charge on any atom is -0.493 e. The van der Waals surface area contributed by atoms with Crippen LogP contribution in [0.15, 0.2) is 28.4 Å². The molecule has 22 heavy (non-hydrogen) atoms. The van der Waals surface area contributed by atoms with Crippen LogP contribution in [0.5, 0.6) is 5.88 Å². The van der Waals surface area contributed by atoms with Crippen molar-refractivity contribution in [3.8, 4) is 5.88 Å². The number of rotatable bonds is 2. The topological polar surface area (TPSA) is 112 Å². The third-order valence-corrected chi connectivity index (χ3v) is 5.31. The maximum atomic E-state index is 13.3. The minimum atomic E-state index is -3.19. The van der Waals surface area contributed by atoms with E-state index in [0.717, 1.165) is 6.07 Å². The predicted octanol–water partition coefficient (Wildman–Crippen LogP) is 2.06. The van der Waals surface area contributed by atoms with E-state index in [1.165, 1.54) is 12.1 Å². The Morgan fingerprint density at radius 2 is 2.18 bits per heavy atom. The zero-order chi connectivity index (χ0) is 15.9. The third-order valence-electron chi connectivity index (χ3n) is 3.54. The number of H-pyrrole nitrogens is 1. The molecule has 0 aliphatic carbocycles. The van der Waals surface area contributed by atoms with E-state index in [9.17, 15) is 22.7 Å². The molecule has 7 nitrogen and oxygen atoms in total. The number of sulfone groups is 1. The number of aromatic nitrogens is 1. The summed E-state index contributed by atoms with van der Waals surface area (Å²) in [4.78, 5) is 14.4. The van der Waals surface area contributed by atoms with Crippen molar-refractivity contribution >= 4 is 32.3 Å². The molecule has 1 atom stereocenters. The first-order chi connectivity index (χ1) is 10.4. The van der Waals surface area contributed by atoms with Crippen LogP contribution < -0.4 is 0 Å². The van der Waals surface area contributed by atoms with E-state index in [-0.39, 0.29) is 34.9 Å². The minimum absolute atomic E-state index is 0.0392. The number of amides is 1. The van der Waals surface area contributed by atoms with Gasteiger partial charge in [-0.05, 0) is 24.6 Å². The highest BCUT2D eigenvalue weighted by molar-refractivity contribution is 7.91. The molecule has 0 unspecified atom stereocenters. The number of benzene rings is 1. The maximum Gasteiger partial charge on any atom is 0.268 e. The predicted molar refractivity (Wildman–Crippen MR) is 76.2 cm³/mol. The highest BCUT2D eigenvalue weighted by Gasteiger charge is 2.33. The summed E-state index contributed by atoms with van der Waals surface area (Å²) in [5.41, 5.74) is 0.396. The highest BCUT2D eigenvalue weighted by Crippen LogP contribution is 2.36. The normalized spacial score (nSPS) is 20.9. The van der Waals surface area contributed by atoms with Gasteiger partial charge < -0.3 is 10.1 Å². The number of nitrogens with one attached hydrogen (secondary N) is 1. The van der Waals surface area contributed by atoms with Crippen LogP contribution in [0.1, 0.15) is 6.42 Å². The number of carbonyl (C=O) groups excluding carboxylic acids is 1. The second-order valence-electron chi connectivity index (χ2n) is 5.15. The van der Waals surface area contributed by atoms with Crippen LogP contribution in [0.4, 0.5) is 10.1 Å². The molecule has 1 saturated heterocycles. The Labute approximate surface area is 124 Å². The van der Waals surface area contributed by atoms with Crippen molar-refractivity contribution in [2.75, 3.05) is 11.5 Å². The smallest absolute Gasteiger partial charge is 0.268 e. The largest absolute Gasteiger partial charge is 0.493 e. The molecule has 1 fully saturated rings. The lowest BCUT2D eigenvalue weighted by atomic mass is 10.1. The van der Waals surface area contributed by atoms with E-state index in [2.05, 4.69) is 15.2 Å². The fourth-order valence-corrected chi connectivity index (χ4v) is 4.14. The molecule has 2 N–H and O–H groups in total. The number of hydrogen-bond donors (Lipinski definition) is 2. The number of azo groups is 1. The van der Waals surface area contributed by atoms with Crippen LogP contribution >= 0.6 is 0 Å². The van der Waals surface area contributed by atoms with Crippen molar-refractivity contribution in [1.29, 1.82) is 0 Å². The van der Waals surface area contributed by atoms with Crippen molar-refractivity contribution < 1.29 is 22.7 Å². The van der Waals surface area contributed by atoms with Crippen LogP contribution in [-0.2, 0) is 14.6 Å². The summed E-state index contributed by atoms with van der Waals surface area (Å²) < 4.78 is 35.9. The molecule has 1 aliphatic rings. The fourth-order valence-electron chi connectivity index (χ4n) is 2.41. The van der Waals surface area contributed by atoms with E-state index in [1.807, 2.05) is 0 Å². The highest BCUT2D eigenvalue weighted by atomic mass is 32.2. The number of hydrogen-bond acceptors (Lipinski definition) is 5. The summed E-state index contributed by atoms with van der Waals surface area (Å²) in [6.45, 7) is 0. The maximum absolute atomic E-state index is 13.3. The Morgan fingerprint density at radius 1 is 1.41 bits per heavy atom. The molecular weight excluding hydrogens is 313 g/mol. The van der Waals surface area contributed by atoms with Gasteiger partial charge in [0, 0.05) is 5.39 Å². The van der Waals surface area contributed by atoms with Gasteiger partial charge in [0.2, 0.25) is 5.88 Å².